The van der Waals surface area contributed by atoms with Gasteiger partial charge in [-0.05, 0) is 31.0 Å². The molecule has 2 N–H and O–H groups in total. The molecule has 1 fully saturated rings. The molecule has 0 saturated heterocycles. The molecular weight excluding hydrogens is 363 g/mol. The van der Waals surface area contributed by atoms with Crippen LogP contribution >= 0.6 is 11.6 Å². The smallest absolute Gasteiger partial charge is 0.225 e. The van der Waals surface area contributed by atoms with Crippen LogP contribution in [0.1, 0.15) is 25.7 Å². The minimum Gasteiger partial charge on any atom is -0.351 e. The summed E-state index contributed by atoms with van der Waals surface area (Å²) < 4.78 is 13.4. The maximum absolute atomic E-state index is 13.4. The highest BCUT2D eigenvalue weighted by atomic mass is 35.5. The zero-order valence-electron chi connectivity index (χ0n) is 14.8. The van der Waals surface area contributed by atoms with E-state index in [0.717, 1.165) is 24.1 Å². The average molecular weight is 383 g/mol. The Morgan fingerprint density at radius 1 is 0.963 bits per heavy atom. The van der Waals surface area contributed by atoms with E-state index < -0.39 is 5.82 Å². The molecule has 0 unspecified atom stereocenters. The van der Waals surface area contributed by atoms with Crippen molar-refractivity contribution >= 4 is 29.1 Å². The Bertz CT molecular complexity index is 927. The molecule has 0 bridgehead atoms. The van der Waals surface area contributed by atoms with E-state index in [9.17, 15) is 4.39 Å². The molecule has 1 aliphatic carbocycles. The maximum Gasteiger partial charge on any atom is 0.225 e. The molecule has 2 aromatic carbocycles. The van der Waals surface area contributed by atoms with E-state index in [1.165, 1.54) is 18.9 Å². The number of benzene rings is 2. The van der Waals surface area contributed by atoms with Gasteiger partial charge in [-0.15, -0.1) is 0 Å². The highest BCUT2D eigenvalue weighted by Gasteiger charge is 2.17. The molecule has 0 spiro atoms. The van der Waals surface area contributed by atoms with Crippen molar-refractivity contribution in [2.45, 2.75) is 31.7 Å². The summed E-state index contributed by atoms with van der Waals surface area (Å²) in [6, 6.07) is 16.8. The minimum atomic E-state index is -0.446. The number of nitrogens with zero attached hydrogens (tertiary/aromatic N) is 2. The zero-order chi connectivity index (χ0) is 18.6. The fourth-order valence-electron chi connectivity index (χ4n) is 3.31. The third kappa shape index (κ3) is 4.37. The van der Waals surface area contributed by atoms with Gasteiger partial charge < -0.3 is 10.6 Å². The van der Waals surface area contributed by atoms with Crippen molar-refractivity contribution in [2.24, 2.45) is 0 Å². The van der Waals surface area contributed by atoms with Crippen LogP contribution < -0.4 is 10.6 Å². The lowest BCUT2D eigenvalue weighted by Crippen LogP contribution is -2.17. The molecule has 1 saturated carbocycles. The van der Waals surface area contributed by atoms with Gasteiger partial charge in [0, 0.05) is 23.4 Å². The average Bonchev–Trinajstić information content (AvgIpc) is 3.18. The van der Waals surface area contributed by atoms with Gasteiger partial charge in [0.1, 0.15) is 11.6 Å². The topological polar surface area (TPSA) is 49.8 Å². The van der Waals surface area contributed by atoms with Crippen LogP contribution in [0.15, 0.2) is 54.6 Å². The molecule has 138 valence electrons. The van der Waals surface area contributed by atoms with E-state index >= 15 is 0 Å². The lowest BCUT2D eigenvalue weighted by molar-refractivity contribution is 0.628. The van der Waals surface area contributed by atoms with Gasteiger partial charge in [-0.3, -0.25) is 0 Å². The molecule has 0 atom stereocenters. The van der Waals surface area contributed by atoms with Gasteiger partial charge in [0.15, 0.2) is 0 Å². The first kappa shape index (κ1) is 17.7. The van der Waals surface area contributed by atoms with Gasteiger partial charge in [0.2, 0.25) is 5.95 Å². The molecule has 4 rings (SSSR count). The lowest BCUT2D eigenvalue weighted by atomic mass is 10.1. The highest BCUT2D eigenvalue weighted by Crippen LogP contribution is 2.27. The predicted molar refractivity (Wildman–Crippen MR) is 108 cm³/mol. The first-order valence-electron chi connectivity index (χ1n) is 9.10. The van der Waals surface area contributed by atoms with Crippen molar-refractivity contribution < 1.29 is 4.39 Å². The molecule has 1 aliphatic rings. The number of rotatable bonds is 5. The first-order chi connectivity index (χ1) is 13.2. The number of hydrogen-bond acceptors (Lipinski definition) is 4. The summed E-state index contributed by atoms with van der Waals surface area (Å²) in [5, 5.41) is 6.73. The highest BCUT2D eigenvalue weighted by molar-refractivity contribution is 6.31. The van der Waals surface area contributed by atoms with Gasteiger partial charge in [-0.25, -0.2) is 9.37 Å². The molecule has 0 aliphatic heterocycles. The molecule has 6 heteroatoms. The standard InChI is InChI=1S/C21H20ClFN4/c22-17-12-16(10-11-18(17)23)24-20-13-19(14-6-2-1-3-7-14)26-21(27-20)25-15-8-4-5-9-15/h1-3,6-7,10-13,15H,4-5,8-9H2,(H2,24,25,26,27). The molecule has 0 amide bonds. The summed E-state index contributed by atoms with van der Waals surface area (Å²) in [7, 11) is 0. The Labute approximate surface area is 162 Å². The Kier molecular flexibility index (Phi) is 5.21. The van der Waals surface area contributed by atoms with E-state index in [0.29, 0.717) is 23.5 Å². The SMILES string of the molecule is Fc1ccc(Nc2cc(-c3ccccc3)nc(NC3CCCC3)n2)cc1Cl. The van der Waals surface area contributed by atoms with E-state index in [1.54, 1.807) is 12.1 Å². The van der Waals surface area contributed by atoms with Gasteiger partial charge >= 0.3 is 0 Å². The van der Waals surface area contributed by atoms with Crippen molar-refractivity contribution in [3.05, 3.63) is 65.4 Å². The van der Waals surface area contributed by atoms with Gasteiger partial charge in [-0.2, -0.15) is 4.98 Å². The number of hydrogen-bond donors (Lipinski definition) is 2. The quantitative estimate of drug-likeness (QED) is 0.565. The fourth-order valence-corrected chi connectivity index (χ4v) is 3.49. The maximum atomic E-state index is 13.4. The van der Waals surface area contributed by atoms with Gasteiger partial charge in [0.05, 0.1) is 10.7 Å². The van der Waals surface area contributed by atoms with Crippen LogP contribution in [0.3, 0.4) is 0 Å². The van der Waals surface area contributed by atoms with Crippen LogP contribution in [-0.2, 0) is 0 Å². The molecule has 1 heterocycles. The molecule has 4 nitrogen and oxygen atoms in total. The van der Waals surface area contributed by atoms with E-state index in [-0.39, 0.29) is 5.02 Å². The van der Waals surface area contributed by atoms with Crippen LogP contribution in [0.5, 0.6) is 0 Å². The summed E-state index contributed by atoms with van der Waals surface area (Å²) in [5.74, 6) is 0.782. The zero-order valence-corrected chi connectivity index (χ0v) is 15.5. The van der Waals surface area contributed by atoms with Crippen LogP contribution in [0.25, 0.3) is 11.3 Å². The first-order valence-corrected chi connectivity index (χ1v) is 9.48. The van der Waals surface area contributed by atoms with Crippen molar-refractivity contribution in [3.8, 4) is 11.3 Å². The Morgan fingerprint density at radius 2 is 1.74 bits per heavy atom. The van der Waals surface area contributed by atoms with Crippen LogP contribution in [-0.4, -0.2) is 16.0 Å². The number of halogens is 2. The Balaban J connectivity index is 1.67. The van der Waals surface area contributed by atoms with E-state index in [1.807, 2.05) is 36.4 Å². The summed E-state index contributed by atoms with van der Waals surface area (Å²) >= 11 is 5.89. The molecule has 3 aromatic rings. The van der Waals surface area contributed by atoms with Crippen molar-refractivity contribution in [3.63, 3.8) is 0 Å². The second kappa shape index (κ2) is 7.92. The second-order valence-corrected chi connectivity index (χ2v) is 7.11. The van der Waals surface area contributed by atoms with Crippen molar-refractivity contribution in [1.29, 1.82) is 0 Å². The summed E-state index contributed by atoms with van der Waals surface area (Å²) in [5.41, 5.74) is 2.50. The van der Waals surface area contributed by atoms with Gasteiger partial charge in [-0.1, -0.05) is 54.8 Å². The summed E-state index contributed by atoms with van der Waals surface area (Å²) in [6.07, 6.45) is 4.73. The van der Waals surface area contributed by atoms with Crippen LogP contribution in [0, 0.1) is 5.82 Å². The second-order valence-electron chi connectivity index (χ2n) is 6.71. The summed E-state index contributed by atoms with van der Waals surface area (Å²) in [4.78, 5) is 9.29. The fraction of sp³-hybridized carbons (Fsp3) is 0.238. The normalized spacial score (nSPS) is 14.3. The number of nitrogens with one attached hydrogen (secondary N) is 2. The molecule has 27 heavy (non-hydrogen) atoms. The minimum absolute atomic E-state index is 0.0710. The van der Waals surface area contributed by atoms with E-state index in [4.69, 9.17) is 16.6 Å². The molecular formula is C21H20ClFN4. The monoisotopic (exact) mass is 382 g/mol. The predicted octanol–water partition coefficient (Wildman–Crippen LogP) is 6.03. The number of aromatic nitrogens is 2. The Hall–Kier alpha value is -2.66. The third-order valence-corrected chi connectivity index (χ3v) is 4.97. The van der Waals surface area contributed by atoms with Crippen LogP contribution in [0.4, 0.5) is 21.8 Å². The van der Waals surface area contributed by atoms with Crippen LogP contribution in [0.2, 0.25) is 5.02 Å². The van der Waals surface area contributed by atoms with E-state index in [2.05, 4.69) is 15.6 Å². The number of anilines is 3. The Morgan fingerprint density at radius 3 is 2.48 bits per heavy atom. The van der Waals surface area contributed by atoms with Gasteiger partial charge in [0.25, 0.3) is 0 Å². The molecule has 1 aromatic heterocycles. The third-order valence-electron chi connectivity index (χ3n) is 4.68. The van der Waals surface area contributed by atoms with Crippen molar-refractivity contribution in [1.82, 2.24) is 9.97 Å². The largest absolute Gasteiger partial charge is 0.351 e. The molecule has 0 radical (unpaired) electrons. The van der Waals surface area contributed by atoms with Crippen molar-refractivity contribution in [2.75, 3.05) is 10.6 Å². The lowest BCUT2D eigenvalue weighted by Gasteiger charge is -2.15. The summed E-state index contributed by atoms with van der Waals surface area (Å²) in [6.45, 7) is 0.